The predicted molar refractivity (Wildman–Crippen MR) is 115 cm³/mol. The van der Waals surface area contributed by atoms with Crippen molar-refractivity contribution in [2.75, 3.05) is 14.2 Å². The van der Waals surface area contributed by atoms with Crippen molar-refractivity contribution >= 4 is 5.91 Å². The van der Waals surface area contributed by atoms with E-state index in [0.717, 1.165) is 16.7 Å². The first-order valence-electron chi connectivity index (χ1n) is 9.73. The largest absolute Gasteiger partial charge is 0.493 e. The number of methoxy groups -OCH3 is 2. The first-order chi connectivity index (χ1) is 14.1. The van der Waals surface area contributed by atoms with E-state index in [2.05, 4.69) is 36.5 Å². The second-order valence-corrected chi connectivity index (χ2v) is 6.97. The average Bonchev–Trinajstić information content (AvgIpc) is 2.77. The van der Waals surface area contributed by atoms with Gasteiger partial charge in [-0.1, -0.05) is 72.3 Å². The zero-order chi connectivity index (χ0) is 20.6. The van der Waals surface area contributed by atoms with Crippen LogP contribution in [0.15, 0.2) is 72.8 Å². The summed E-state index contributed by atoms with van der Waals surface area (Å²) in [5, 5.41) is 3.19. The molecule has 0 saturated heterocycles. The van der Waals surface area contributed by atoms with Crippen molar-refractivity contribution < 1.29 is 14.3 Å². The molecule has 0 aliphatic rings. The van der Waals surface area contributed by atoms with Crippen molar-refractivity contribution in [3.8, 4) is 11.5 Å². The molecule has 3 rings (SSSR count). The lowest BCUT2D eigenvalue weighted by molar-refractivity contribution is -0.121. The van der Waals surface area contributed by atoms with Crippen LogP contribution in [0.4, 0.5) is 0 Å². The summed E-state index contributed by atoms with van der Waals surface area (Å²) in [6, 6.07) is 23.8. The van der Waals surface area contributed by atoms with Crippen LogP contribution in [-0.2, 0) is 11.2 Å². The SMILES string of the molecule is COc1cccc(CCC(=O)N[C@@H](c2ccccc2)c2ccc(C)cc2)c1OC. The molecule has 4 heteroatoms. The highest BCUT2D eigenvalue weighted by atomic mass is 16.5. The van der Waals surface area contributed by atoms with E-state index in [9.17, 15) is 4.79 Å². The van der Waals surface area contributed by atoms with Gasteiger partial charge in [-0.05, 0) is 36.1 Å². The van der Waals surface area contributed by atoms with E-state index in [1.54, 1.807) is 14.2 Å². The van der Waals surface area contributed by atoms with E-state index in [1.807, 2.05) is 48.5 Å². The molecule has 29 heavy (non-hydrogen) atoms. The topological polar surface area (TPSA) is 47.6 Å². The fourth-order valence-electron chi connectivity index (χ4n) is 3.40. The lowest BCUT2D eigenvalue weighted by Gasteiger charge is -2.20. The molecule has 0 spiro atoms. The number of benzene rings is 3. The van der Waals surface area contributed by atoms with Gasteiger partial charge in [-0.2, -0.15) is 0 Å². The molecule has 0 bridgehead atoms. The second kappa shape index (κ2) is 9.78. The Kier molecular flexibility index (Phi) is 6.90. The Hall–Kier alpha value is -3.27. The number of para-hydroxylation sites is 1. The molecule has 0 saturated carbocycles. The summed E-state index contributed by atoms with van der Waals surface area (Å²) < 4.78 is 10.8. The smallest absolute Gasteiger partial charge is 0.221 e. The van der Waals surface area contributed by atoms with Crippen LogP contribution >= 0.6 is 0 Å². The van der Waals surface area contributed by atoms with Crippen molar-refractivity contribution in [3.05, 3.63) is 95.1 Å². The molecule has 0 fully saturated rings. The Morgan fingerprint density at radius 3 is 2.21 bits per heavy atom. The summed E-state index contributed by atoms with van der Waals surface area (Å²) in [7, 11) is 3.23. The van der Waals surface area contributed by atoms with Crippen LogP contribution in [0.25, 0.3) is 0 Å². The summed E-state index contributed by atoms with van der Waals surface area (Å²) in [5.41, 5.74) is 4.27. The number of nitrogens with one attached hydrogen (secondary N) is 1. The van der Waals surface area contributed by atoms with Crippen LogP contribution in [0.3, 0.4) is 0 Å². The third kappa shape index (κ3) is 5.17. The van der Waals surface area contributed by atoms with Gasteiger partial charge in [-0.15, -0.1) is 0 Å². The van der Waals surface area contributed by atoms with E-state index in [-0.39, 0.29) is 11.9 Å². The quantitative estimate of drug-likeness (QED) is 0.599. The van der Waals surface area contributed by atoms with Gasteiger partial charge in [0.25, 0.3) is 0 Å². The maximum Gasteiger partial charge on any atom is 0.221 e. The van der Waals surface area contributed by atoms with Gasteiger partial charge in [0.2, 0.25) is 5.91 Å². The molecule has 0 aliphatic carbocycles. The highest BCUT2D eigenvalue weighted by molar-refractivity contribution is 5.77. The van der Waals surface area contributed by atoms with Crippen LogP contribution in [0.2, 0.25) is 0 Å². The fourth-order valence-corrected chi connectivity index (χ4v) is 3.40. The highest BCUT2D eigenvalue weighted by Crippen LogP contribution is 2.31. The summed E-state index contributed by atoms with van der Waals surface area (Å²) in [4.78, 5) is 12.8. The lowest BCUT2D eigenvalue weighted by atomic mass is 9.97. The Morgan fingerprint density at radius 1 is 0.862 bits per heavy atom. The minimum Gasteiger partial charge on any atom is -0.493 e. The van der Waals surface area contributed by atoms with Crippen molar-refractivity contribution in [1.29, 1.82) is 0 Å². The molecular weight excluding hydrogens is 362 g/mol. The molecule has 0 radical (unpaired) electrons. The van der Waals surface area contributed by atoms with Crippen molar-refractivity contribution in [1.82, 2.24) is 5.32 Å². The number of hydrogen-bond acceptors (Lipinski definition) is 3. The van der Waals surface area contributed by atoms with Crippen molar-refractivity contribution in [2.45, 2.75) is 25.8 Å². The summed E-state index contributed by atoms with van der Waals surface area (Å²) >= 11 is 0. The van der Waals surface area contributed by atoms with Crippen molar-refractivity contribution in [3.63, 3.8) is 0 Å². The van der Waals surface area contributed by atoms with Gasteiger partial charge >= 0.3 is 0 Å². The number of carbonyl (C=O) groups excluding carboxylic acids is 1. The molecule has 0 unspecified atom stereocenters. The van der Waals surface area contributed by atoms with Gasteiger partial charge in [0, 0.05) is 6.42 Å². The minimum absolute atomic E-state index is 0.00991. The molecule has 3 aromatic rings. The Morgan fingerprint density at radius 2 is 1.55 bits per heavy atom. The Labute approximate surface area is 172 Å². The van der Waals surface area contributed by atoms with Gasteiger partial charge in [-0.3, -0.25) is 4.79 Å². The van der Waals surface area contributed by atoms with Crippen LogP contribution in [-0.4, -0.2) is 20.1 Å². The molecule has 3 aromatic carbocycles. The zero-order valence-corrected chi connectivity index (χ0v) is 17.1. The van der Waals surface area contributed by atoms with Crippen LogP contribution in [0.1, 0.15) is 34.7 Å². The van der Waals surface area contributed by atoms with Crippen LogP contribution in [0.5, 0.6) is 11.5 Å². The normalized spacial score (nSPS) is 11.6. The number of carbonyl (C=O) groups is 1. The Bertz CT molecular complexity index is 936. The fraction of sp³-hybridized carbons (Fsp3) is 0.240. The number of ether oxygens (including phenoxy) is 2. The van der Waals surface area contributed by atoms with Crippen molar-refractivity contribution in [2.24, 2.45) is 0 Å². The third-order valence-corrected chi connectivity index (χ3v) is 4.95. The number of rotatable bonds is 8. The van der Waals surface area contributed by atoms with Gasteiger partial charge in [0.05, 0.1) is 20.3 Å². The second-order valence-electron chi connectivity index (χ2n) is 6.97. The summed E-state index contributed by atoms with van der Waals surface area (Å²) in [5.74, 6) is 1.34. The molecule has 150 valence electrons. The molecule has 0 heterocycles. The van der Waals surface area contributed by atoms with Gasteiger partial charge < -0.3 is 14.8 Å². The molecule has 1 N–H and O–H groups in total. The summed E-state index contributed by atoms with van der Waals surface area (Å²) in [6.45, 7) is 2.06. The lowest BCUT2D eigenvalue weighted by Crippen LogP contribution is -2.29. The van der Waals surface area contributed by atoms with Crippen LogP contribution < -0.4 is 14.8 Å². The first kappa shape index (κ1) is 20.5. The van der Waals surface area contributed by atoms with E-state index in [4.69, 9.17) is 9.47 Å². The van der Waals surface area contributed by atoms with E-state index >= 15 is 0 Å². The predicted octanol–water partition coefficient (Wildman–Crippen LogP) is 4.85. The molecular formula is C25H27NO3. The minimum atomic E-state index is -0.184. The Balaban J connectivity index is 1.75. The standard InChI is InChI=1S/C25H27NO3/c1-18-12-14-20(15-13-18)24(19-8-5-4-6-9-19)26-23(27)17-16-21-10-7-11-22(28-2)25(21)29-3/h4-15,24H,16-17H2,1-3H3,(H,26,27)/t24-/m0/s1. The maximum absolute atomic E-state index is 12.8. The maximum atomic E-state index is 12.8. The number of hydrogen-bond donors (Lipinski definition) is 1. The van der Waals surface area contributed by atoms with Crippen LogP contribution in [0, 0.1) is 6.92 Å². The highest BCUT2D eigenvalue weighted by Gasteiger charge is 2.17. The third-order valence-electron chi connectivity index (χ3n) is 4.95. The molecule has 0 aliphatic heterocycles. The first-order valence-corrected chi connectivity index (χ1v) is 9.73. The van der Waals surface area contributed by atoms with Gasteiger partial charge in [0.15, 0.2) is 11.5 Å². The van der Waals surface area contributed by atoms with E-state index < -0.39 is 0 Å². The van der Waals surface area contributed by atoms with Gasteiger partial charge in [0.1, 0.15) is 0 Å². The van der Waals surface area contributed by atoms with E-state index in [1.165, 1.54) is 5.56 Å². The molecule has 4 nitrogen and oxygen atoms in total. The monoisotopic (exact) mass is 389 g/mol. The summed E-state index contributed by atoms with van der Waals surface area (Å²) in [6.07, 6.45) is 0.931. The molecule has 0 aromatic heterocycles. The zero-order valence-electron chi connectivity index (χ0n) is 17.1. The number of amides is 1. The average molecular weight is 389 g/mol. The van der Waals surface area contributed by atoms with Gasteiger partial charge in [-0.25, -0.2) is 0 Å². The number of aryl methyl sites for hydroxylation is 2. The molecule has 1 atom stereocenters. The van der Waals surface area contributed by atoms with E-state index in [0.29, 0.717) is 24.3 Å². The molecule has 1 amide bonds.